The highest BCUT2D eigenvalue weighted by atomic mass is 16.5. The van der Waals surface area contributed by atoms with Gasteiger partial charge < -0.3 is 14.6 Å². The minimum atomic E-state index is -1.03. The molecule has 1 rings (SSSR count). The fourth-order valence-electron chi connectivity index (χ4n) is 6.73. The molecule has 0 aliphatic carbocycles. The Labute approximate surface area is 298 Å². The molecule has 7 heteroatoms. The zero-order valence-electron chi connectivity index (χ0n) is 31.6. The molecule has 0 aliphatic rings. The Morgan fingerprint density at radius 1 is 0.714 bits per heavy atom. The van der Waals surface area contributed by atoms with Gasteiger partial charge in [0, 0.05) is 5.92 Å². The number of hydrogen-bond acceptors (Lipinski definition) is 6. The first-order chi connectivity index (χ1) is 23.7. The first kappa shape index (κ1) is 44.1. The number of aliphatic carboxylic acids is 1. The monoisotopic (exact) mass is 684 g/mol. The van der Waals surface area contributed by atoms with Crippen molar-refractivity contribution in [3.05, 3.63) is 35.9 Å². The number of hydrogen-bond donors (Lipinski definition) is 1. The van der Waals surface area contributed by atoms with Gasteiger partial charge in [-0.15, -0.1) is 0 Å². The minimum absolute atomic E-state index is 0.0241. The Kier molecular flexibility index (Phi) is 25.1. The van der Waals surface area contributed by atoms with E-state index in [4.69, 9.17) is 9.47 Å². The Hall–Kier alpha value is -2.88. The molecular formula is C42H69NO6. The highest BCUT2D eigenvalue weighted by Crippen LogP contribution is 2.33. The van der Waals surface area contributed by atoms with Gasteiger partial charge in [0.2, 0.25) is 0 Å². The van der Waals surface area contributed by atoms with Gasteiger partial charge in [-0.3, -0.25) is 14.4 Å². The number of carboxylic acid groups (broad SMARTS) is 1. The summed E-state index contributed by atoms with van der Waals surface area (Å²) in [5.41, 5.74) is 1.14. The second kappa shape index (κ2) is 27.9. The lowest BCUT2D eigenvalue weighted by Gasteiger charge is -2.25. The van der Waals surface area contributed by atoms with Gasteiger partial charge in [-0.2, -0.15) is 5.26 Å². The molecule has 0 aliphatic heterocycles. The van der Waals surface area contributed by atoms with E-state index in [1.165, 1.54) is 44.9 Å². The van der Waals surface area contributed by atoms with Gasteiger partial charge in [0.15, 0.2) is 0 Å². The number of carbonyl (C=O) groups is 3. The van der Waals surface area contributed by atoms with Crippen LogP contribution < -0.4 is 0 Å². The van der Waals surface area contributed by atoms with E-state index in [9.17, 15) is 24.8 Å². The average molecular weight is 684 g/mol. The summed E-state index contributed by atoms with van der Waals surface area (Å²) in [7, 11) is 0. The number of ether oxygens (including phenoxy) is 2. The maximum atomic E-state index is 13.5. The van der Waals surface area contributed by atoms with Crippen molar-refractivity contribution < 1.29 is 29.0 Å². The number of nitrogens with zero attached hydrogens (tertiary/aromatic N) is 1. The van der Waals surface area contributed by atoms with E-state index in [-0.39, 0.29) is 43.7 Å². The summed E-state index contributed by atoms with van der Waals surface area (Å²) in [4.78, 5) is 39.1. The third kappa shape index (κ3) is 19.8. The van der Waals surface area contributed by atoms with E-state index in [0.29, 0.717) is 13.0 Å². The molecule has 0 saturated heterocycles. The number of rotatable bonds is 30. The lowest BCUT2D eigenvalue weighted by molar-refractivity contribution is -0.154. The second-order valence-corrected chi connectivity index (χ2v) is 14.3. The van der Waals surface area contributed by atoms with Crippen LogP contribution in [0.25, 0.3) is 0 Å². The summed E-state index contributed by atoms with van der Waals surface area (Å²) in [6.07, 6.45) is 17.6. The molecule has 0 aromatic heterocycles. The summed E-state index contributed by atoms with van der Waals surface area (Å²) in [6, 6.07) is 12.4. The summed E-state index contributed by atoms with van der Waals surface area (Å²) in [5, 5.41) is 20.3. The van der Waals surface area contributed by atoms with Crippen LogP contribution in [-0.4, -0.2) is 36.2 Å². The molecule has 0 radical (unpaired) electrons. The van der Waals surface area contributed by atoms with Crippen LogP contribution in [0.3, 0.4) is 0 Å². The largest absolute Gasteiger partial charge is 0.481 e. The Morgan fingerprint density at radius 2 is 1.33 bits per heavy atom. The van der Waals surface area contributed by atoms with Crippen molar-refractivity contribution in [3.63, 3.8) is 0 Å². The average Bonchev–Trinajstić information content (AvgIpc) is 3.11. The molecule has 1 N–H and O–H groups in total. The molecule has 0 bridgehead atoms. The molecule has 6 atom stereocenters. The smallest absolute Gasteiger partial charge is 0.308 e. The van der Waals surface area contributed by atoms with Gasteiger partial charge in [0.1, 0.15) is 0 Å². The third-order valence-electron chi connectivity index (χ3n) is 10.1. The summed E-state index contributed by atoms with van der Waals surface area (Å²) >= 11 is 0. The van der Waals surface area contributed by atoms with Gasteiger partial charge in [0.05, 0.1) is 37.0 Å². The predicted molar refractivity (Wildman–Crippen MR) is 198 cm³/mol. The second-order valence-electron chi connectivity index (χ2n) is 14.3. The number of benzene rings is 1. The number of nitriles is 1. The molecule has 0 heterocycles. The van der Waals surface area contributed by atoms with Gasteiger partial charge in [-0.25, -0.2) is 0 Å². The minimum Gasteiger partial charge on any atom is -0.481 e. The lowest BCUT2D eigenvalue weighted by Crippen LogP contribution is -2.30. The van der Waals surface area contributed by atoms with E-state index >= 15 is 0 Å². The van der Waals surface area contributed by atoms with Crippen LogP contribution in [0.5, 0.6) is 0 Å². The van der Waals surface area contributed by atoms with Crippen molar-refractivity contribution in [3.8, 4) is 6.07 Å². The van der Waals surface area contributed by atoms with Gasteiger partial charge in [0.25, 0.3) is 0 Å². The van der Waals surface area contributed by atoms with Crippen molar-refractivity contribution in [2.45, 2.75) is 163 Å². The van der Waals surface area contributed by atoms with E-state index < -0.39 is 35.6 Å². The Morgan fingerprint density at radius 3 is 1.88 bits per heavy atom. The van der Waals surface area contributed by atoms with E-state index in [1.807, 2.05) is 30.3 Å². The molecule has 1 aromatic carbocycles. The van der Waals surface area contributed by atoms with Crippen LogP contribution in [0, 0.1) is 40.9 Å². The van der Waals surface area contributed by atoms with Gasteiger partial charge >= 0.3 is 17.9 Å². The first-order valence-corrected chi connectivity index (χ1v) is 19.7. The van der Waals surface area contributed by atoms with Crippen LogP contribution in [0.2, 0.25) is 0 Å². The Balaban J connectivity index is 2.85. The molecule has 49 heavy (non-hydrogen) atoms. The molecule has 7 nitrogen and oxygen atoms in total. The highest BCUT2D eigenvalue weighted by Gasteiger charge is 2.34. The number of carbonyl (C=O) groups excluding carboxylic acids is 2. The molecule has 0 spiro atoms. The maximum absolute atomic E-state index is 13.5. The third-order valence-corrected chi connectivity index (χ3v) is 10.1. The fourth-order valence-corrected chi connectivity index (χ4v) is 6.73. The molecule has 0 amide bonds. The molecule has 0 fully saturated rings. The molecule has 1 aromatic rings. The fraction of sp³-hybridized carbons (Fsp3) is 0.762. The number of carboxylic acids is 1. The summed E-state index contributed by atoms with van der Waals surface area (Å²) in [6.45, 7) is 10.9. The summed E-state index contributed by atoms with van der Waals surface area (Å²) < 4.78 is 11.4. The number of unbranched alkanes of at least 4 members (excludes halogenated alkanes) is 10. The zero-order valence-corrected chi connectivity index (χ0v) is 31.6. The molecule has 6 unspecified atom stereocenters. The zero-order chi connectivity index (χ0) is 36.3. The van der Waals surface area contributed by atoms with Crippen molar-refractivity contribution in [2.75, 3.05) is 13.2 Å². The van der Waals surface area contributed by atoms with Crippen LogP contribution in [0.15, 0.2) is 30.3 Å². The first-order valence-electron chi connectivity index (χ1n) is 19.7. The highest BCUT2D eigenvalue weighted by molar-refractivity contribution is 5.77. The normalized spacial score (nSPS) is 14.9. The van der Waals surface area contributed by atoms with E-state index in [0.717, 1.165) is 56.9 Å². The van der Waals surface area contributed by atoms with Crippen molar-refractivity contribution in [1.29, 1.82) is 5.26 Å². The lowest BCUT2D eigenvalue weighted by atomic mass is 9.79. The van der Waals surface area contributed by atoms with Crippen LogP contribution in [0.1, 0.15) is 168 Å². The summed E-state index contributed by atoms with van der Waals surface area (Å²) in [5.74, 6) is -4.21. The standard InChI is InChI=1S/C42H69NO6/c1-6-10-12-13-14-15-16-17-18-22-26-48-41(46)33(5)27-39(42(47)49-32-34(8-3)23-11-7-2)30-38(40(44)45)29-35(31-43)28-36(9-4)37-24-20-19-21-25-37/h19-21,24-25,33-36,38-39H,6-18,22-23,26-30,32H2,1-5H3,(H,44,45). The van der Waals surface area contributed by atoms with Gasteiger partial charge in [-0.05, 0) is 62.3 Å². The quantitative estimate of drug-likeness (QED) is 0.0634. The molecular weight excluding hydrogens is 614 g/mol. The van der Waals surface area contributed by atoms with Crippen molar-refractivity contribution >= 4 is 17.9 Å². The van der Waals surface area contributed by atoms with Crippen LogP contribution >= 0.6 is 0 Å². The van der Waals surface area contributed by atoms with Crippen LogP contribution in [-0.2, 0) is 23.9 Å². The van der Waals surface area contributed by atoms with Gasteiger partial charge in [-0.1, -0.05) is 142 Å². The predicted octanol–water partition coefficient (Wildman–Crippen LogP) is 11.1. The van der Waals surface area contributed by atoms with Crippen molar-refractivity contribution in [2.24, 2.45) is 29.6 Å². The van der Waals surface area contributed by atoms with Crippen LogP contribution in [0.4, 0.5) is 0 Å². The van der Waals surface area contributed by atoms with E-state index in [2.05, 4.69) is 33.8 Å². The Bertz CT molecular complexity index is 1050. The molecule has 0 saturated carbocycles. The van der Waals surface area contributed by atoms with Crippen molar-refractivity contribution in [1.82, 2.24) is 0 Å². The number of esters is 2. The molecule has 278 valence electrons. The van der Waals surface area contributed by atoms with E-state index in [1.54, 1.807) is 6.92 Å². The SMILES string of the molecule is CCCCCCCCCCCCOC(=O)C(C)CC(CC(CC(C#N)CC(CC)c1ccccc1)C(=O)O)C(=O)OCC(CC)CCCC. The topological polar surface area (TPSA) is 114 Å². The maximum Gasteiger partial charge on any atom is 0.308 e.